The minimum atomic E-state index is -0.651. The van der Waals surface area contributed by atoms with Gasteiger partial charge in [0, 0.05) is 24.0 Å². The van der Waals surface area contributed by atoms with Gasteiger partial charge in [-0.1, -0.05) is 26.3 Å². The quantitative estimate of drug-likeness (QED) is 0.780. The maximum Gasteiger partial charge on any atom is 0.160 e. The predicted octanol–water partition coefficient (Wildman–Crippen LogP) is 3.24. The van der Waals surface area contributed by atoms with E-state index in [-0.39, 0.29) is 28.8 Å². The molecule has 4 aliphatic rings. The predicted molar refractivity (Wildman–Crippen MR) is 88.7 cm³/mol. The fourth-order valence-electron chi connectivity index (χ4n) is 7.53. The van der Waals surface area contributed by atoms with Crippen LogP contribution in [0.1, 0.15) is 66.2 Å². The SMILES string of the molecule is CC1=C2C(=O)C[C@@]2(C)[C@@H]2C[C@]3(O)CC[C@@H](CO)[C@@]2(CC1)C3(C)C. The van der Waals surface area contributed by atoms with Crippen LogP contribution in [0, 0.1) is 28.1 Å². The zero-order chi connectivity index (χ0) is 16.8. The van der Waals surface area contributed by atoms with E-state index in [2.05, 4.69) is 27.7 Å². The lowest BCUT2D eigenvalue weighted by Gasteiger charge is -2.59. The third-order valence-electron chi connectivity index (χ3n) is 8.83. The highest BCUT2D eigenvalue weighted by atomic mass is 16.3. The van der Waals surface area contributed by atoms with Crippen molar-refractivity contribution in [2.45, 2.75) is 71.8 Å². The van der Waals surface area contributed by atoms with Gasteiger partial charge in [-0.25, -0.2) is 0 Å². The molecule has 0 unspecified atom stereocenters. The second kappa shape index (κ2) is 4.29. The number of hydrogen-bond acceptors (Lipinski definition) is 3. The second-order valence-electron chi connectivity index (χ2n) is 9.54. The van der Waals surface area contributed by atoms with Crippen LogP contribution in [0.4, 0.5) is 0 Å². The lowest BCUT2D eigenvalue weighted by atomic mass is 9.44. The number of ketones is 1. The molecule has 3 fully saturated rings. The Morgan fingerprint density at radius 1 is 1.22 bits per heavy atom. The van der Waals surface area contributed by atoms with Gasteiger partial charge in [0.15, 0.2) is 5.78 Å². The summed E-state index contributed by atoms with van der Waals surface area (Å²) < 4.78 is 0. The molecular formula is C20H30O3. The number of aliphatic hydroxyl groups excluding tert-OH is 1. The fourth-order valence-corrected chi connectivity index (χ4v) is 7.53. The van der Waals surface area contributed by atoms with Gasteiger partial charge in [0.25, 0.3) is 0 Å². The van der Waals surface area contributed by atoms with Gasteiger partial charge in [0.1, 0.15) is 0 Å². The van der Waals surface area contributed by atoms with Gasteiger partial charge < -0.3 is 10.2 Å². The number of carbonyl (C=O) groups is 1. The smallest absolute Gasteiger partial charge is 0.160 e. The van der Waals surface area contributed by atoms with Gasteiger partial charge in [-0.2, -0.15) is 0 Å². The third kappa shape index (κ3) is 1.48. The van der Waals surface area contributed by atoms with Crippen LogP contribution in [0.15, 0.2) is 11.1 Å². The largest absolute Gasteiger partial charge is 0.396 e. The first kappa shape index (κ1) is 15.8. The monoisotopic (exact) mass is 318 g/mol. The summed E-state index contributed by atoms with van der Waals surface area (Å²) in [5.41, 5.74) is 1.29. The molecule has 128 valence electrons. The lowest BCUT2D eigenvalue weighted by molar-refractivity contribution is -0.168. The van der Waals surface area contributed by atoms with Crippen LogP contribution in [0.3, 0.4) is 0 Å². The highest BCUT2D eigenvalue weighted by Crippen LogP contribution is 2.77. The number of fused-ring (bicyclic) bond motifs is 3. The zero-order valence-corrected chi connectivity index (χ0v) is 14.9. The summed E-state index contributed by atoms with van der Waals surface area (Å²) in [7, 11) is 0. The number of carbonyl (C=O) groups excluding carboxylic acids is 1. The highest BCUT2D eigenvalue weighted by Gasteiger charge is 2.75. The van der Waals surface area contributed by atoms with E-state index >= 15 is 0 Å². The van der Waals surface area contributed by atoms with Gasteiger partial charge in [-0.3, -0.25) is 4.79 Å². The number of Topliss-reactive ketones (excluding diaryl/α,β-unsaturated/α-hetero) is 1. The highest BCUT2D eigenvalue weighted by molar-refractivity contribution is 6.05. The molecule has 2 N–H and O–H groups in total. The summed E-state index contributed by atoms with van der Waals surface area (Å²) in [5.74, 6) is 0.860. The van der Waals surface area contributed by atoms with E-state index in [4.69, 9.17) is 0 Å². The van der Waals surface area contributed by atoms with Gasteiger partial charge in [-0.05, 0) is 61.7 Å². The number of aliphatic hydroxyl groups is 2. The van der Waals surface area contributed by atoms with E-state index in [9.17, 15) is 15.0 Å². The number of hydrogen-bond donors (Lipinski definition) is 2. The first-order valence-electron chi connectivity index (χ1n) is 9.21. The van der Waals surface area contributed by atoms with E-state index in [1.807, 2.05) is 0 Å². The van der Waals surface area contributed by atoms with Crippen LogP contribution in [0.5, 0.6) is 0 Å². The third-order valence-corrected chi connectivity index (χ3v) is 8.83. The molecule has 0 amide bonds. The normalized spacial score (nSPS) is 51.0. The minimum Gasteiger partial charge on any atom is -0.396 e. The Kier molecular flexibility index (Phi) is 2.95. The van der Waals surface area contributed by atoms with Crippen molar-refractivity contribution in [1.82, 2.24) is 0 Å². The summed E-state index contributed by atoms with van der Waals surface area (Å²) in [5, 5.41) is 21.6. The Bertz CT molecular complexity index is 618. The Morgan fingerprint density at radius 3 is 2.52 bits per heavy atom. The van der Waals surface area contributed by atoms with Crippen molar-refractivity contribution >= 4 is 5.78 Å². The molecule has 5 atom stereocenters. The Balaban J connectivity index is 1.94. The molecule has 4 rings (SSSR count). The molecule has 0 aromatic heterocycles. The second-order valence-corrected chi connectivity index (χ2v) is 9.54. The van der Waals surface area contributed by atoms with E-state index in [1.165, 1.54) is 5.57 Å². The standard InChI is InChI=1S/C20H30O3/c1-12-5-8-20-13(11-21)6-7-19(23,17(20,2)3)10-15(20)18(4)9-14(22)16(12)18/h13,15,21,23H,5-11H2,1-4H3/t13-,15-,18-,19+,20+/m0/s1. The molecule has 0 radical (unpaired) electrons. The van der Waals surface area contributed by atoms with Crippen molar-refractivity contribution in [3.05, 3.63) is 11.1 Å². The van der Waals surface area contributed by atoms with Crippen molar-refractivity contribution in [2.24, 2.45) is 28.1 Å². The Hall–Kier alpha value is -0.670. The summed E-state index contributed by atoms with van der Waals surface area (Å²) in [6.07, 6.45) is 5.03. The lowest BCUT2D eigenvalue weighted by Crippen LogP contribution is -2.58. The topological polar surface area (TPSA) is 57.5 Å². The molecule has 0 heterocycles. The molecule has 23 heavy (non-hydrogen) atoms. The van der Waals surface area contributed by atoms with Crippen molar-refractivity contribution < 1.29 is 15.0 Å². The van der Waals surface area contributed by atoms with Crippen LogP contribution < -0.4 is 0 Å². The number of rotatable bonds is 1. The molecule has 0 saturated heterocycles. The van der Waals surface area contributed by atoms with Crippen LogP contribution >= 0.6 is 0 Å². The maximum atomic E-state index is 12.3. The van der Waals surface area contributed by atoms with E-state index < -0.39 is 5.60 Å². The average molecular weight is 318 g/mol. The Labute approximate surface area is 139 Å². The molecule has 3 nitrogen and oxygen atoms in total. The molecule has 0 aliphatic heterocycles. The van der Waals surface area contributed by atoms with E-state index in [0.717, 1.165) is 37.7 Å². The maximum absolute atomic E-state index is 12.3. The molecule has 0 aromatic rings. The van der Waals surface area contributed by atoms with Gasteiger partial charge in [-0.15, -0.1) is 0 Å². The summed E-state index contributed by atoms with van der Waals surface area (Å²) in [6, 6.07) is 0. The first-order chi connectivity index (χ1) is 10.6. The van der Waals surface area contributed by atoms with Crippen molar-refractivity contribution in [1.29, 1.82) is 0 Å². The molecule has 4 aliphatic carbocycles. The van der Waals surface area contributed by atoms with Crippen LogP contribution in [0.25, 0.3) is 0 Å². The number of allylic oxidation sites excluding steroid dienone is 2. The minimum absolute atomic E-state index is 0.0623. The molecule has 1 spiro atoms. The summed E-state index contributed by atoms with van der Waals surface area (Å²) >= 11 is 0. The molecule has 3 saturated carbocycles. The van der Waals surface area contributed by atoms with Crippen molar-refractivity contribution in [3.63, 3.8) is 0 Å². The van der Waals surface area contributed by atoms with Crippen LogP contribution in [0.2, 0.25) is 0 Å². The van der Waals surface area contributed by atoms with E-state index in [0.29, 0.717) is 18.1 Å². The molecule has 2 bridgehead atoms. The van der Waals surface area contributed by atoms with Crippen molar-refractivity contribution in [2.75, 3.05) is 6.61 Å². The van der Waals surface area contributed by atoms with E-state index in [1.54, 1.807) is 0 Å². The van der Waals surface area contributed by atoms with Gasteiger partial charge in [0.2, 0.25) is 0 Å². The first-order valence-corrected chi connectivity index (χ1v) is 9.21. The zero-order valence-electron chi connectivity index (χ0n) is 14.9. The Morgan fingerprint density at radius 2 is 1.91 bits per heavy atom. The molecular weight excluding hydrogens is 288 g/mol. The van der Waals surface area contributed by atoms with Gasteiger partial charge in [0.05, 0.1) is 5.60 Å². The molecule has 0 aromatic carbocycles. The van der Waals surface area contributed by atoms with Crippen molar-refractivity contribution in [3.8, 4) is 0 Å². The van der Waals surface area contributed by atoms with Gasteiger partial charge >= 0.3 is 0 Å². The summed E-state index contributed by atoms with van der Waals surface area (Å²) in [6.45, 7) is 9.02. The van der Waals surface area contributed by atoms with Crippen LogP contribution in [-0.4, -0.2) is 28.2 Å². The fraction of sp³-hybridized carbons (Fsp3) is 0.850. The average Bonchev–Trinajstić information content (AvgIpc) is 2.55. The van der Waals surface area contributed by atoms with Crippen LogP contribution in [-0.2, 0) is 4.79 Å². The molecule has 3 heteroatoms. The summed E-state index contributed by atoms with van der Waals surface area (Å²) in [4.78, 5) is 12.3.